The van der Waals surface area contributed by atoms with Gasteiger partial charge in [0.15, 0.2) is 0 Å². The molecular formula is C15H16N4O2. The number of benzene rings is 1. The number of aromatic carboxylic acids is 1. The Labute approximate surface area is 122 Å². The molecule has 108 valence electrons. The number of hydrogen-bond donors (Lipinski definition) is 3. The van der Waals surface area contributed by atoms with Gasteiger partial charge in [-0.2, -0.15) is 0 Å². The van der Waals surface area contributed by atoms with Gasteiger partial charge in [-0.3, -0.25) is 0 Å². The molecular weight excluding hydrogens is 268 g/mol. The molecule has 0 aliphatic carbocycles. The van der Waals surface area contributed by atoms with Gasteiger partial charge in [0, 0.05) is 18.3 Å². The topological polar surface area (TPSA) is 87.1 Å². The van der Waals surface area contributed by atoms with Crippen molar-refractivity contribution in [2.45, 2.75) is 6.92 Å². The van der Waals surface area contributed by atoms with Crippen molar-refractivity contribution in [3.63, 3.8) is 0 Å². The van der Waals surface area contributed by atoms with E-state index >= 15 is 0 Å². The van der Waals surface area contributed by atoms with Gasteiger partial charge in [-0.05, 0) is 25.1 Å². The van der Waals surface area contributed by atoms with Gasteiger partial charge in [0.25, 0.3) is 0 Å². The second kappa shape index (κ2) is 6.51. The molecule has 6 heteroatoms. The van der Waals surface area contributed by atoms with E-state index in [1.807, 2.05) is 0 Å². The molecule has 0 unspecified atom stereocenters. The number of carbonyl (C=O) groups is 1. The van der Waals surface area contributed by atoms with Crippen molar-refractivity contribution in [2.24, 2.45) is 0 Å². The zero-order valence-corrected chi connectivity index (χ0v) is 11.6. The summed E-state index contributed by atoms with van der Waals surface area (Å²) in [6, 6.07) is 8.30. The summed E-state index contributed by atoms with van der Waals surface area (Å²) in [4.78, 5) is 19.5. The van der Waals surface area contributed by atoms with Gasteiger partial charge in [-0.25, -0.2) is 14.8 Å². The van der Waals surface area contributed by atoms with Crippen molar-refractivity contribution < 1.29 is 9.90 Å². The summed E-state index contributed by atoms with van der Waals surface area (Å²) >= 11 is 0. The van der Waals surface area contributed by atoms with Crippen LogP contribution in [0.2, 0.25) is 0 Å². The van der Waals surface area contributed by atoms with E-state index in [2.05, 4.69) is 27.2 Å². The third kappa shape index (κ3) is 4.04. The number of aryl methyl sites for hydroxylation is 1. The number of nitrogens with zero attached hydrogens (tertiary/aromatic N) is 2. The first-order valence-corrected chi connectivity index (χ1v) is 6.39. The Morgan fingerprint density at radius 1 is 1.33 bits per heavy atom. The van der Waals surface area contributed by atoms with E-state index in [4.69, 9.17) is 5.11 Å². The van der Waals surface area contributed by atoms with Gasteiger partial charge in [0.05, 0.1) is 5.56 Å². The van der Waals surface area contributed by atoms with Crippen LogP contribution in [0, 0.1) is 6.92 Å². The average Bonchev–Trinajstić information content (AvgIpc) is 2.45. The molecule has 1 aromatic carbocycles. The summed E-state index contributed by atoms with van der Waals surface area (Å²) in [6.45, 7) is 6.03. The predicted molar refractivity (Wildman–Crippen MR) is 82.1 cm³/mol. The lowest BCUT2D eigenvalue weighted by atomic mass is 10.2. The molecule has 0 fully saturated rings. The maximum Gasteiger partial charge on any atom is 0.335 e. The van der Waals surface area contributed by atoms with Crippen molar-refractivity contribution in [2.75, 3.05) is 17.2 Å². The van der Waals surface area contributed by atoms with Crippen LogP contribution in [0.25, 0.3) is 0 Å². The quantitative estimate of drug-likeness (QED) is 0.707. The maximum atomic E-state index is 11.0. The minimum atomic E-state index is -0.967. The van der Waals surface area contributed by atoms with Crippen molar-refractivity contribution in [1.29, 1.82) is 0 Å². The van der Waals surface area contributed by atoms with Gasteiger partial charge in [-0.1, -0.05) is 12.1 Å². The highest BCUT2D eigenvalue weighted by Gasteiger charge is 2.05. The number of anilines is 3. The monoisotopic (exact) mass is 284 g/mol. The zero-order chi connectivity index (χ0) is 15.2. The van der Waals surface area contributed by atoms with Crippen LogP contribution < -0.4 is 10.6 Å². The summed E-state index contributed by atoms with van der Waals surface area (Å²) in [7, 11) is 0. The van der Waals surface area contributed by atoms with Crippen LogP contribution in [0.1, 0.15) is 16.2 Å². The van der Waals surface area contributed by atoms with Gasteiger partial charge in [0.2, 0.25) is 0 Å². The number of nitrogens with one attached hydrogen (secondary N) is 2. The van der Waals surface area contributed by atoms with Gasteiger partial charge >= 0.3 is 5.97 Å². The molecule has 0 atom stereocenters. The summed E-state index contributed by atoms with van der Waals surface area (Å²) in [5, 5.41) is 15.2. The minimum absolute atomic E-state index is 0.218. The Morgan fingerprint density at radius 2 is 2.10 bits per heavy atom. The predicted octanol–water partition coefficient (Wildman–Crippen LogP) is 2.82. The van der Waals surface area contributed by atoms with Crippen molar-refractivity contribution in [3.8, 4) is 0 Å². The molecule has 2 rings (SSSR count). The fourth-order valence-corrected chi connectivity index (χ4v) is 1.78. The van der Waals surface area contributed by atoms with E-state index in [9.17, 15) is 4.79 Å². The fraction of sp³-hybridized carbons (Fsp3) is 0.133. The molecule has 1 heterocycles. The van der Waals surface area contributed by atoms with Crippen LogP contribution in [0.15, 0.2) is 43.0 Å². The van der Waals surface area contributed by atoms with E-state index in [-0.39, 0.29) is 5.56 Å². The SMILES string of the molecule is C=CCNc1cc(Nc2cccc(C(=O)O)c2)nc(C)n1. The van der Waals surface area contributed by atoms with E-state index < -0.39 is 5.97 Å². The number of hydrogen-bond acceptors (Lipinski definition) is 5. The number of carboxylic acid groups (broad SMARTS) is 1. The summed E-state index contributed by atoms with van der Waals surface area (Å²) in [5.74, 6) is 0.919. The molecule has 21 heavy (non-hydrogen) atoms. The molecule has 0 bridgehead atoms. The molecule has 0 saturated carbocycles. The summed E-state index contributed by atoms with van der Waals surface area (Å²) in [6.07, 6.45) is 1.74. The van der Waals surface area contributed by atoms with Gasteiger partial charge < -0.3 is 15.7 Å². The van der Waals surface area contributed by atoms with Crippen LogP contribution in [0.5, 0.6) is 0 Å². The number of carboxylic acids is 1. The first-order valence-electron chi connectivity index (χ1n) is 6.39. The molecule has 0 spiro atoms. The lowest BCUT2D eigenvalue weighted by molar-refractivity contribution is 0.0697. The average molecular weight is 284 g/mol. The first kappa shape index (κ1) is 14.5. The zero-order valence-electron chi connectivity index (χ0n) is 11.6. The fourth-order valence-electron chi connectivity index (χ4n) is 1.78. The van der Waals surface area contributed by atoms with Crippen LogP contribution in [-0.2, 0) is 0 Å². The Balaban J connectivity index is 2.22. The normalized spacial score (nSPS) is 9.95. The largest absolute Gasteiger partial charge is 0.478 e. The highest BCUT2D eigenvalue weighted by atomic mass is 16.4. The first-order chi connectivity index (χ1) is 10.1. The molecule has 0 amide bonds. The Kier molecular flexibility index (Phi) is 4.50. The van der Waals surface area contributed by atoms with E-state index in [0.29, 0.717) is 29.7 Å². The second-order valence-electron chi connectivity index (χ2n) is 4.37. The van der Waals surface area contributed by atoms with Crippen molar-refractivity contribution >= 4 is 23.3 Å². The Morgan fingerprint density at radius 3 is 2.81 bits per heavy atom. The van der Waals surface area contributed by atoms with Crippen molar-refractivity contribution in [3.05, 3.63) is 54.4 Å². The lowest BCUT2D eigenvalue weighted by Gasteiger charge is -2.09. The molecule has 1 aromatic heterocycles. The molecule has 2 aromatic rings. The van der Waals surface area contributed by atoms with Crippen molar-refractivity contribution in [1.82, 2.24) is 9.97 Å². The molecule has 0 radical (unpaired) electrons. The Hall–Kier alpha value is -2.89. The van der Waals surface area contributed by atoms with E-state index in [1.165, 1.54) is 6.07 Å². The molecule has 0 aliphatic rings. The standard InChI is InChI=1S/C15H16N4O2/c1-3-7-16-13-9-14(18-10(2)17-13)19-12-6-4-5-11(8-12)15(20)21/h3-6,8-9H,1,7H2,2H3,(H,20,21)(H2,16,17,18,19). The van der Waals surface area contributed by atoms with Gasteiger partial charge in [-0.15, -0.1) is 6.58 Å². The highest BCUT2D eigenvalue weighted by Crippen LogP contribution is 2.18. The third-order valence-corrected chi connectivity index (χ3v) is 2.65. The molecule has 0 saturated heterocycles. The van der Waals surface area contributed by atoms with Crippen LogP contribution in [-0.4, -0.2) is 27.6 Å². The maximum absolute atomic E-state index is 11.0. The highest BCUT2D eigenvalue weighted by molar-refractivity contribution is 5.89. The van der Waals surface area contributed by atoms with Crippen LogP contribution in [0.3, 0.4) is 0 Å². The Bertz CT molecular complexity index is 670. The van der Waals surface area contributed by atoms with Crippen LogP contribution in [0.4, 0.5) is 17.3 Å². The molecule has 3 N–H and O–H groups in total. The smallest absolute Gasteiger partial charge is 0.335 e. The minimum Gasteiger partial charge on any atom is -0.478 e. The summed E-state index contributed by atoms with van der Waals surface area (Å²) in [5.41, 5.74) is 0.874. The molecule has 6 nitrogen and oxygen atoms in total. The van der Waals surface area contributed by atoms with E-state index in [1.54, 1.807) is 37.3 Å². The number of aromatic nitrogens is 2. The van der Waals surface area contributed by atoms with E-state index in [0.717, 1.165) is 0 Å². The number of rotatable bonds is 6. The molecule has 0 aliphatic heterocycles. The third-order valence-electron chi connectivity index (χ3n) is 2.65. The summed E-state index contributed by atoms with van der Waals surface area (Å²) < 4.78 is 0. The van der Waals surface area contributed by atoms with Gasteiger partial charge in [0.1, 0.15) is 17.5 Å². The van der Waals surface area contributed by atoms with Crippen LogP contribution >= 0.6 is 0 Å². The second-order valence-corrected chi connectivity index (χ2v) is 4.37. The lowest BCUT2D eigenvalue weighted by Crippen LogP contribution is -2.05.